The predicted octanol–water partition coefficient (Wildman–Crippen LogP) is 0.949. The maximum atomic E-state index is 12.1. The molecule has 8 heteroatoms. The Hall–Kier alpha value is -2.12. The van der Waals surface area contributed by atoms with Gasteiger partial charge < -0.3 is 15.4 Å². The number of likely N-dealkylation sites (tertiary alicyclic amines) is 1. The molecule has 1 aliphatic rings. The van der Waals surface area contributed by atoms with Crippen molar-refractivity contribution in [1.82, 2.24) is 19.9 Å². The molecule has 0 aromatic carbocycles. The number of primary amides is 1. The van der Waals surface area contributed by atoms with Crippen molar-refractivity contribution in [3.05, 3.63) is 11.9 Å². The second-order valence-corrected chi connectivity index (χ2v) is 6.17. The van der Waals surface area contributed by atoms with Crippen LogP contribution in [0.3, 0.4) is 0 Å². The lowest BCUT2D eigenvalue weighted by molar-refractivity contribution is 0.0166. The lowest BCUT2D eigenvalue weighted by Crippen LogP contribution is -2.43. The number of rotatable bonds is 2. The fraction of sp³-hybridized carbons (Fsp3) is 0.692. The van der Waals surface area contributed by atoms with Crippen LogP contribution in [0, 0.1) is 0 Å². The van der Waals surface area contributed by atoms with E-state index in [2.05, 4.69) is 10.3 Å². The van der Waals surface area contributed by atoms with Gasteiger partial charge in [-0.3, -0.25) is 4.79 Å². The molecule has 1 atom stereocenters. The van der Waals surface area contributed by atoms with E-state index in [0.29, 0.717) is 13.1 Å². The molecule has 1 saturated heterocycles. The van der Waals surface area contributed by atoms with Crippen molar-refractivity contribution >= 4 is 12.0 Å². The monoisotopic (exact) mass is 295 g/mol. The molecule has 0 radical (unpaired) electrons. The van der Waals surface area contributed by atoms with Crippen molar-refractivity contribution in [1.29, 1.82) is 0 Å². The van der Waals surface area contributed by atoms with Crippen molar-refractivity contribution in [2.45, 2.75) is 45.3 Å². The van der Waals surface area contributed by atoms with Gasteiger partial charge in [0.1, 0.15) is 5.60 Å². The van der Waals surface area contributed by atoms with Crippen molar-refractivity contribution < 1.29 is 14.3 Å². The van der Waals surface area contributed by atoms with Gasteiger partial charge in [-0.1, -0.05) is 5.21 Å². The Kier molecular flexibility index (Phi) is 4.15. The van der Waals surface area contributed by atoms with Crippen molar-refractivity contribution in [2.24, 2.45) is 5.73 Å². The lowest BCUT2D eigenvalue weighted by atomic mass is 10.1. The van der Waals surface area contributed by atoms with Gasteiger partial charge in [0.2, 0.25) is 0 Å². The number of hydrogen-bond acceptors (Lipinski definition) is 5. The highest BCUT2D eigenvalue weighted by molar-refractivity contribution is 5.90. The first-order valence-corrected chi connectivity index (χ1v) is 6.96. The molecule has 1 aliphatic heterocycles. The molecule has 0 aliphatic carbocycles. The molecule has 0 spiro atoms. The number of ether oxygens (including phenoxy) is 1. The van der Waals surface area contributed by atoms with Crippen molar-refractivity contribution in [3.63, 3.8) is 0 Å². The summed E-state index contributed by atoms with van der Waals surface area (Å²) >= 11 is 0. The Labute approximate surface area is 123 Å². The Bertz CT molecular complexity index is 534. The summed E-state index contributed by atoms with van der Waals surface area (Å²) in [6.45, 7) is 6.65. The summed E-state index contributed by atoms with van der Waals surface area (Å²) in [5.41, 5.74) is 4.77. The minimum Gasteiger partial charge on any atom is -0.444 e. The second-order valence-electron chi connectivity index (χ2n) is 6.17. The molecule has 1 fully saturated rings. The van der Waals surface area contributed by atoms with Gasteiger partial charge in [0, 0.05) is 13.1 Å². The molecule has 2 N–H and O–H groups in total. The zero-order chi connectivity index (χ0) is 15.6. The third-order valence-corrected chi connectivity index (χ3v) is 3.19. The van der Waals surface area contributed by atoms with Gasteiger partial charge in [-0.15, -0.1) is 5.10 Å². The second kappa shape index (κ2) is 5.71. The highest BCUT2D eigenvalue weighted by atomic mass is 16.6. The lowest BCUT2D eigenvalue weighted by Gasteiger charge is -2.33. The van der Waals surface area contributed by atoms with Crippen LogP contribution in [0.15, 0.2) is 6.20 Å². The fourth-order valence-electron chi connectivity index (χ4n) is 2.23. The summed E-state index contributed by atoms with van der Waals surface area (Å²) in [7, 11) is 0. The predicted molar refractivity (Wildman–Crippen MR) is 74.6 cm³/mol. The molecule has 2 amide bonds. The van der Waals surface area contributed by atoms with E-state index in [1.807, 2.05) is 20.8 Å². The van der Waals surface area contributed by atoms with Crippen LogP contribution >= 0.6 is 0 Å². The number of nitrogens with zero attached hydrogens (tertiary/aromatic N) is 4. The molecule has 2 rings (SSSR count). The van der Waals surface area contributed by atoms with Crippen LogP contribution in [0.4, 0.5) is 4.79 Å². The van der Waals surface area contributed by atoms with E-state index in [0.717, 1.165) is 12.8 Å². The van der Waals surface area contributed by atoms with E-state index in [-0.39, 0.29) is 17.8 Å². The van der Waals surface area contributed by atoms with Crippen LogP contribution < -0.4 is 5.73 Å². The zero-order valence-electron chi connectivity index (χ0n) is 12.6. The first-order chi connectivity index (χ1) is 9.76. The van der Waals surface area contributed by atoms with E-state index < -0.39 is 11.5 Å². The van der Waals surface area contributed by atoms with E-state index >= 15 is 0 Å². The van der Waals surface area contributed by atoms with E-state index in [1.54, 1.807) is 9.58 Å². The number of carbonyl (C=O) groups excluding carboxylic acids is 2. The number of nitrogens with two attached hydrogens (primary N) is 1. The first kappa shape index (κ1) is 15.3. The quantitative estimate of drug-likeness (QED) is 0.874. The Morgan fingerprint density at radius 1 is 1.43 bits per heavy atom. The van der Waals surface area contributed by atoms with Crippen LogP contribution in [0.5, 0.6) is 0 Å². The molecular formula is C13H21N5O3. The Balaban J connectivity index is 2.03. The number of amides is 2. The summed E-state index contributed by atoms with van der Waals surface area (Å²) < 4.78 is 6.97. The molecule has 21 heavy (non-hydrogen) atoms. The van der Waals surface area contributed by atoms with Crippen LogP contribution in [0.2, 0.25) is 0 Å². The normalized spacial score (nSPS) is 19.4. The molecule has 116 valence electrons. The molecule has 1 aromatic rings. The standard InChI is InChI=1S/C13H21N5O3/c1-13(2,3)21-12(20)17-6-4-5-9(7-17)18-8-10(11(14)19)15-16-18/h8-9H,4-7H2,1-3H3,(H2,14,19). The third-order valence-electron chi connectivity index (χ3n) is 3.19. The maximum absolute atomic E-state index is 12.1. The molecule has 8 nitrogen and oxygen atoms in total. The SMILES string of the molecule is CC(C)(C)OC(=O)N1CCCC(n2cc(C(N)=O)nn2)C1. The average Bonchev–Trinajstić information content (AvgIpc) is 2.86. The van der Waals surface area contributed by atoms with Gasteiger partial charge in [0.25, 0.3) is 5.91 Å². The number of piperidine rings is 1. The van der Waals surface area contributed by atoms with E-state index in [9.17, 15) is 9.59 Å². The minimum atomic E-state index is -0.610. The Morgan fingerprint density at radius 2 is 2.14 bits per heavy atom. The Morgan fingerprint density at radius 3 is 2.71 bits per heavy atom. The van der Waals surface area contributed by atoms with Gasteiger partial charge in [0.05, 0.1) is 12.2 Å². The van der Waals surface area contributed by atoms with Gasteiger partial charge in [-0.25, -0.2) is 9.48 Å². The molecule has 1 unspecified atom stereocenters. The van der Waals surface area contributed by atoms with E-state index in [4.69, 9.17) is 10.5 Å². The molecule has 2 heterocycles. The van der Waals surface area contributed by atoms with E-state index in [1.165, 1.54) is 6.20 Å². The molecule has 1 aromatic heterocycles. The summed E-state index contributed by atoms with van der Waals surface area (Å²) in [6, 6.07) is -0.0214. The number of carbonyl (C=O) groups is 2. The van der Waals surface area contributed by atoms with Gasteiger partial charge in [0.15, 0.2) is 5.69 Å². The summed E-state index contributed by atoms with van der Waals surface area (Å²) in [6.07, 6.45) is 2.89. The maximum Gasteiger partial charge on any atom is 0.410 e. The summed E-state index contributed by atoms with van der Waals surface area (Å²) in [5, 5.41) is 7.64. The molecule has 0 saturated carbocycles. The highest BCUT2D eigenvalue weighted by Gasteiger charge is 2.29. The average molecular weight is 295 g/mol. The zero-order valence-corrected chi connectivity index (χ0v) is 12.6. The minimum absolute atomic E-state index is 0.0214. The number of hydrogen-bond donors (Lipinski definition) is 1. The topological polar surface area (TPSA) is 103 Å². The molecular weight excluding hydrogens is 274 g/mol. The summed E-state index contributed by atoms with van der Waals surface area (Å²) in [5.74, 6) is -0.610. The smallest absolute Gasteiger partial charge is 0.410 e. The van der Waals surface area contributed by atoms with Crippen LogP contribution in [0.1, 0.15) is 50.1 Å². The van der Waals surface area contributed by atoms with Crippen LogP contribution in [0.25, 0.3) is 0 Å². The van der Waals surface area contributed by atoms with Crippen LogP contribution in [-0.4, -0.2) is 50.6 Å². The van der Waals surface area contributed by atoms with Crippen molar-refractivity contribution in [3.8, 4) is 0 Å². The van der Waals surface area contributed by atoms with Gasteiger partial charge in [-0.05, 0) is 33.6 Å². The van der Waals surface area contributed by atoms with Gasteiger partial charge in [-0.2, -0.15) is 0 Å². The van der Waals surface area contributed by atoms with Gasteiger partial charge >= 0.3 is 6.09 Å². The third kappa shape index (κ3) is 3.93. The summed E-state index contributed by atoms with van der Waals surface area (Å²) in [4.78, 5) is 24.8. The fourth-order valence-corrected chi connectivity index (χ4v) is 2.23. The molecule has 0 bridgehead atoms. The van der Waals surface area contributed by atoms with Crippen LogP contribution in [-0.2, 0) is 4.74 Å². The first-order valence-electron chi connectivity index (χ1n) is 6.96. The van der Waals surface area contributed by atoms with Crippen molar-refractivity contribution in [2.75, 3.05) is 13.1 Å². The number of aromatic nitrogens is 3. The highest BCUT2D eigenvalue weighted by Crippen LogP contribution is 2.22. The largest absolute Gasteiger partial charge is 0.444 e.